The van der Waals surface area contributed by atoms with Crippen LogP contribution in [0.5, 0.6) is 5.75 Å². The Morgan fingerprint density at radius 2 is 2.08 bits per heavy atom. The van der Waals surface area contributed by atoms with E-state index in [1.54, 1.807) is 6.20 Å². The largest absolute Gasteiger partial charge is 0.489 e. The maximum atomic E-state index is 11.9. The summed E-state index contributed by atoms with van der Waals surface area (Å²) in [4.78, 5) is 16.1. The van der Waals surface area contributed by atoms with Gasteiger partial charge in [-0.15, -0.1) is 24.8 Å². The molecule has 0 saturated heterocycles. The lowest BCUT2D eigenvalue weighted by atomic mass is 9.90. The topological polar surface area (TPSA) is 77.2 Å². The standard InChI is InChI=1S/C17H27N3O2.2ClH/c1-13(18)9-10-16(21)20-17-15(8-5-11-19-17)22-12-14-6-3-2-4-7-14;;/h5,8,11,13-14H,2-4,6-7,9-10,12,18H2,1H3,(H,19,20,21);2*1H. The van der Waals surface area contributed by atoms with Gasteiger partial charge in [0.05, 0.1) is 6.61 Å². The third-order valence-electron chi connectivity index (χ3n) is 4.05. The molecule has 0 bridgehead atoms. The van der Waals surface area contributed by atoms with Crippen LogP contribution in [0.4, 0.5) is 5.82 Å². The highest BCUT2D eigenvalue weighted by molar-refractivity contribution is 5.91. The predicted octanol–water partition coefficient (Wildman–Crippen LogP) is 3.95. The van der Waals surface area contributed by atoms with Gasteiger partial charge in [0.1, 0.15) is 0 Å². The molecule has 1 saturated carbocycles. The number of carbonyl (C=O) groups is 1. The molecule has 0 radical (unpaired) electrons. The number of halogens is 2. The van der Waals surface area contributed by atoms with Gasteiger partial charge < -0.3 is 15.8 Å². The zero-order valence-electron chi connectivity index (χ0n) is 14.2. The number of carbonyl (C=O) groups excluding carboxylic acids is 1. The summed E-state index contributed by atoms with van der Waals surface area (Å²) in [6.07, 6.45) is 9.11. The molecule has 1 atom stereocenters. The van der Waals surface area contributed by atoms with Crippen molar-refractivity contribution in [1.29, 1.82) is 0 Å². The molecular formula is C17H29Cl2N3O2. The van der Waals surface area contributed by atoms with Crippen molar-refractivity contribution < 1.29 is 9.53 Å². The second-order valence-electron chi connectivity index (χ2n) is 6.23. The van der Waals surface area contributed by atoms with Crippen LogP contribution in [0.2, 0.25) is 0 Å². The molecule has 1 amide bonds. The Morgan fingerprint density at radius 3 is 2.75 bits per heavy atom. The quantitative estimate of drug-likeness (QED) is 0.753. The second-order valence-corrected chi connectivity index (χ2v) is 6.23. The molecular weight excluding hydrogens is 349 g/mol. The third kappa shape index (κ3) is 8.18. The number of nitrogens with zero attached hydrogens (tertiary/aromatic N) is 1. The fourth-order valence-electron chi connectivity index (χ4n) is 2.72. The second kappa shape index (κ2) is 12.3. The number of pyridine rings is 1. The van der Waals surface area contributed by atoms with Gasteiger partial charge in [-0.2, -0.15) is 0 Å². The van der Waals surface area contributed by atoms with Crippen LogP contribution in [0.25, 0.3) is 0 Å². The predicted molar refractivity (Wildman–Crippen MR) is 102 cm³/mol. The molecule has 1 aliphatic carbocycles. The summed E-state index contributed by atoms with van der Waals surface area (Å²) in [7, 11) is 0. The summed E-state index contributed by atoms with van der Waals surface area (Å²) in [5.41, 5.74) is 5.67. The average molecular weight is 378 g/mol. The van der Waals surface area contributed by atoms with Crippen LogP contribution in [0.1, 0.15) is 51.9 Å². The number of rotatable bonds is 7. The molecule has 1 fully saturated rings. The minimum Gasteiger partial charge on any atom is -0.489 e. The van der Waals surface area contributed by atoms with E-state index in [0.717, 1.165) is 0 Å². The first kappa shape index (κ1) is 23.0. The summed E-state index contributed by atoms with van der Waals surface area (Å²) in [5, 5.41) is 2.82. The summed E-state index contributed by atoms with van der Waals surface area (Å²) in [5.74, 6) is 1.71. The van der Waals surface area contributed by atoms with E-state index in [1.807, 2.05) is 19.1 Å². The Hall–Kier alpha value is -1.04. The number of anilines is 1. The van der Waals surface area contributed by atoms with Gasteiger partial charge in [0.15, 0.2) is 11.6 Å². The lowest BCUT2D eigenvalue weighted by Gasteiger charge is -2.22. The van der Waals surface area contributed by atoms with Gasteiger partial charge in [0, 0.05) is 18.7 Å². The number of aromatic nitrogens is 1. The number of nitrogens with two attached hydrogens (primary N) is 1. The van der Waals surface area contributed by atoms with Crippen molar-refractivity contribution in [3.05, 3.63) is 18.3 Å². The van der Waals surface area contributed by atoms with Crippen molar-refractivity contribution >= 4 is 36.5 Å². The number of hydrogen-bond acceptors (Lipinski definition) is 4. The van der Waals surface area contributed by atoms with E-state index < -0.39 is 0 Å². The summed E-state index contributed by atoms with van der Waals surface area (Å²) >= 11 is 0. The number of nitrogens with one attached hydrogen (secondary N) is 1. The van der Waals surface area contributed by atoms with Crippen molar-refractivity contribution in [2.75, 3.05) is 11.9 Å². The maximum absolute atomic E-state index is 11.9. The normalized spacial score (nSPS) is 15.6. The van der Waals surface area contributed by atoms with Crippen molar-refractivity contribution in [1.82, 2.24) is 4.98 Å². The zero-order valence-corrected chi connectivity index (χ0v) is 15.8. The Balaban J connectivity index is 0.00000264. The SMILES string of the molecule is CC(N)CCC(=O)Nc1ncccc1OCC1CCCCC1.Cl.Cl. The Labute approximate surface area is 156 Å². The minimum absolute atomic E-state index is 0. The molecule has 1 aliphatic rings. The highest BCUT2D eigenvalue weighted by Gasteiger charge is 2.16. The van der Waals surface area contributed by atoms with E-state index in [-0.39, 0.29) is 36.8 Å². The molecule has 1 heterocycles. The first-order valence-corrected chi connectivity index (χ1v) is 8.28. The van der Waals surface area contributed by atoms with Gasteiger partial charge >= 0.3 is 0 Å². The van der Waals surface area contributed by atoms with E-state index in [9.17, 15) is 4.79 Å². The number of amides is 1. The Bertz CT molecular complexity index is 481. The van der Waals surface area contributed by atoms with Crippen molar-refractivity contribution in [3.63, 3.8) is 0 Å². The van der Waals surface area contributed by atoms with E-state index in [1.165, 1.54) is 32.1 Å². The van der Waals surface area contributed by atoms with E-state index in [0.29, 0.717) is 36.9 Å². The van der Waals surface area contributed by atoms with E-state index >= 15 is 0 Å². The fourth-order valence-corrected chi connectivity index (χ4v) is 2.72. The molecule has 24 heavy (non-hydrogen) atoms. The lowest BCUT2D eigenvalue weighted by Crippen LogP contribution is -2.20. The van der Waals surface area contributed by atoms with Crippen LogP contribution in [0, 0.1) is 5.92 Å². The van der Waals surface area contributed by atoms with Gasteiger partial charge in [0.2, 0.25) is 5.91 Å². The molecule has 1 unspecified atom stereocenters. The molecule has 0 aromatic carbocycles. The fraction of sp³-hybridized carbons (Fsp3) is 0.647. The minimum atomic E-state index is -0.0708. The molecule has 3 N–H and O–H groups in total. The van der Waals surface area contributed by atoms with Crippen LogP contribution in [0.15, 0.2) is 18.3 Å². The number of hydrogen-bond donors (Lipinski definition) is 2. The van der Waals surface area contributed by atoms with Crippen molar-refractivity contribution in [2.45, 2.75) is 57.9 Å². The Morgan fingerprint density at radius 1 is 1.38 bits per heavy atom. The molecule has 0 spiro atoms. The van der Waals surface area contributed by atoms with Crippen LogP contribution >= 0.6 is 24.8 Å². The zero-order chi connectivity index (χ0) is 15.8. The molecule has 138 valence electrons. The van der Waals surface area contributed by atoms with Crippen molar-refractivity contribution in [3.8, 4) is 5.75 Å². The average Bonchev–Trinajstić information content (AvgIpc) is 2.53. The van der Waals surface area contributed by atoms with Gasteiger partial charge in [-0.1, -0.05) is 19.3 Å². The maximum Gasteiger partial charge on any atom is 0.225 e. The summed E-state index contributed by atoms with van der Waals surface area (Å²) in [6, 6.07) is 3.71. The summed E-state index contributed by atoms with van der Waals surface area (Å²) < 4.78 is 5.90. The van der Waals surface area contributed by atoms with Crippen LogP contribution in [-0.4, -0.2) is 23.5 Å². The van der Waals surface area contributed by atoms with Crippen LogP contribution < -0.4 is 15.8 Å². The highest BCUT2D eigenvalue weighted by Crippen LogP contribution is 2.27. The van der Waals surface area contributed by atoms with Gasteiger partial charge in [0.25, 0.3) is 0 Å². The van der Waals surface area contributed by atoms with E-state index in [2.05, 4.69) is 10.3 Å². The van der Waals surface area contributed by atoms with Crippen molar-refractivity contribution in [2.24, 2.45) is 11.7 Å². The third-order valence-corrected chi connectivity index (χ3v) is 4.05. The van der Waals surface area contributed by atoms with Crippen LogP contribution in [0.3, 0.4) is 0 Å². The highest BCUT2D eigenvalue weighted by atomic mass is 35.5. The van der Waals surface area contributed by atoms with E-state index in [4.69, 9.17) is 10.5 Å². The first-order valence-electron chi connectivity index (χ1n) is 8.28. The molecule has 2 rings (SSSR count). The monoisotopic (exact) mass is 377 g/mol. The van der Waals surface area contributed by atoms with Gasteiger partial charge in [-0.25, -0.2) is 4.98 Å². The Kier molecular flexibility index (Phi) is 11.8. The molecule has 7 heteroatoms. The smallest absolute Gasteiger partial charge is 0.225 e. The molecule has 1 aromatic rings. The number of ether oxygens (including phenoxy) is 1. The summed E-state index contributed by atoms with van der Waals surface area (Å²) in [6.45, 7) is 2.60. The molecule has 0 aliphatic heterocycles. The van der Waals surface area contributed by atoms with Gasteiger partial charge in [-0.05, 0) is 44.2 Å². The van der Waals surface area contributed by atoms with Gasteiger partial charge in [-0.3, -0.25) is 4.79 Å². The molecule has 1 aromatic heterocycles. The lowest BCUT2D eigenvalue weighted by molar-refractivity contribution is -0.116. The molecule has 5 nitrogen and oxygen atoms in total. The first-order chi connectivity index (χ1) is 10.6. The van der Waals surface area contributed by atoms with Crippen LogP contribution in [-0.2, 0) is 4.79 Å².